The molecule has 0 bridgehead atoms. The van der Waals surface area contributed by atoms with Crippen molar-refractivity contribution in [3.63, 3.8) is 0 Å². The molecule has 0 spiro atoms. The van der Waals surface area contributed by atoms with Gasteiger partial charge in [0.05, 0.1) is 19.3 Å². The monoisotopic (exact) mass is 478 g/mol. The molecule has 1 rings (SSSR count). The Hall–Kier alpha value is -0.510. The summed E-state index contributed by atoms with van der Waals surface area (Å²) in [6.07, 6.45) is 17.9. The van der Waals surface area contributed by atoms with E-state index in [1.807, 2.05) is 0 Å². The maximum absolute atomic E-state index is 6.21. The summed E-state index contributed by atoms with van der Waals surface area (Å²) in [5.74, 6) is 2.64. The highest BCUT2D eigenvalue weighted by Crippen LogP contribution is 2.23. The summed E-state index contributed by atoms with van der Waals surface area (Å²) in [6, 6.07) is 10.5. The molecule has 192 valence electrons. The molecular weight excluding hydrogens is 424 g/mol. The zero-order valence-electron chi connectivity index (χ0n) is 22.4. The van der Waals surface area contributed by atoms with Crippen LogP contribution in [0.4, 0.5) is 0 Å². The molecule has 0 aliphatic rings. The lowest BCUT2D eigenvalue weighted by molar-refractivity contribution is -0.0430. The van der Waals surface area contributed by atoms with Gasteiger partial charge in [-0.25, -0.2) is 0 Å². The fourth-order valence-electron chi connectivity index (χ4n) is 4.17. The highest BCUT2D eigenvalue weighted by molar-refractivity contribution is 7.99. The van der Waals surface area contributed by atoms with Gasteiger partial charge in [0.15, 0.2) is 0 Å². The Morgan fingerprint density at radius 1 is 0.758 bits per heavy atom. The van der Waals surface area contributed by atoms with Crippen molar-refractivity contribution in [3.8, 4) is 0 Å². The van der Waals surface area contributed by atoms with Crippen molar-refractivity contribution in [3.05, 3.63) is 35.9 Å². The lowest BCUT2D eigenvalue weighted by Crippen LogP contribution is -2.26. The minimum Gasteiger partial charge on any atom is -0.379 e. The van der Waals surface area contributed by atoms with E-state index >= 15 is 0 Å². The third-order valence-corrected chi connectivity index (χ3v) is 6.99. The molecule has 1 aromatic rings. The van der Waals surface area contributed by atoms with E-state index in [-0.39, 0.29) is 11.5 Å². The van der Waals surface area contributed by atoms with Gasteiger partial charge in [0.2, 0.25) is 0 Å². The van der Waals surface area contributed by atoms with Crippen LogP contribution in [0.25, 0.3) is 0 Å². The van der Waals surface area contributed by atoms with Gasteiger partial charge in [-0.3, -0.25) is 0 Å². The highest BCUT2D eigenvalue weighted by Gasteiger charge is 2.19. The van der Waals surface area contributed by atoms with E-state index in [9.17, 15) is 0 Å². The van der Waals surface area contributed by atoms with E-state index in [0.717, 1.165) is 13.0 Å². The molecule has 1 unspecified atom stereocenters. The Morgan fingerprint density at radius 3 is 1.85 bits per heavy atom. The molecule has 0 N–H and O–H groups in total. The van der Waals surface area contributed by atoms with Crippen LogP contribution in [-0.4, -0.2) is 30.8 Å². The van der Waals surface area contributed by atoms with E-state index < -0.39 is 0 Å². The van der Waals surface area contributed by atoms with E-state index in [4.69, 9.17) is 9.47 Å². The predicted octanol–water partition coefficient (Wildman–Crippen LogP) is 9.46. The number of hydrogen-bond acceptors (Lipinski definition) is 3. The number of thioether (sulfide) groups is 1. The van der Waals surface area contributed by atoms with Crippen LogP contribution in [0, 0.1) is 5.41 Å². The molecule has 0 saturated heterocycles. The Labute approximate surface area is 211 Å². The molecule has 0 aromatic heterocycles. The Kier molecular flexibility index (Phi) is 19.3. The summed E-state index contributed by atoms with van der Waals surface area (Å²) in [5, 5.41) is 0. The second-order valence-corrected chi connectivity index (χ2v) is 12.1. The number of benzene rings is 1. The molecule has 0 fully saturated rings. The zero-order valence-corrected chi connectivity index (χ0v) is 23.2. The molecule has 2 nitrogen and oxygen atoms in total. The standard InChI is InChI=1S/C30H54O2S/c1-5-33-24-20-15-13-11-9-7-6-8-10-12-14-19-23-31-27-29(25-30(2,3)4)32-26-28-21-17-16-18-22-28/h16-18,21-22,29H,5-15,19-20,23-27H2,1-4H3. The van der Waals surface area contributed by atoms with Crippen molar-refractivity contribution < 1.29 is 9.47 Å². The molecule has 0 aliphatic carbocycles. The number of hydrogen-bond donors (Lipinski definition) is 0. The van der Waals surface area contributed by atoms with Gasteiger partial charge in [-0.05, 0) is 41.7 Å². The van der Waals surface area contributed by atoms with Crippen LogP contribution in [0.5, 0.6) is 0 Å². The quantitative estimate of drug-likeness (QED) is 0.155. The Balaban J connectivity index is 1.95. The maximum Gasteiger partial charge on any atom is 0.0818 e. The lowest BCUT2D eigenvalue weighted by Gasteiger charge is -2.26. The first-order valence-corrected chi connectivity index (χ1v) is 15.0. The number of unbranched alkanes of at least 4 members (excludes halogenated alkanes) is 11. The first kappa shape index (κ1) is 30.5. The normalized spacial score (nSPS) is 12.8. The van der Waals surface area contributed by atoms with Gasteiger partial charge in [0.25, 0.3) is 0 Å². The van der Waals surface area contributed by atoms with E-state index in [0.29, 0.717) is 13.2 Å². The van der Waals surface area contributed by atoms with Crippen molar-refractivity contribution in [1.82, 2.24) is 0 Å². The van der Waals surface area contributed by atoms with Gasteiger partial charge >= 0.3 is 0 Å². The molecule has 0 saturated carbocycles. The number of rotatable bonds is 22. The lowest BCUT2D eigenvalue weighted by atomic mass is 9.89. The van der Waals surface area contributed by atoms with Crippen LogP contribution in [-0.2, 0) is 16.1 Å². The Morgan fingerprint density at radius 2 is 1.30 bits per heavy atom. The van der Waals surface area contributed by atoms with Gasteiger partial charge < -0.3 is 9.47 Å². The molecular formula is C30H54O2S. The first-order chi connectivity index (χ1) is 16.0. The fraction of sp³-hybridized carbons (Fsp3) is 0.800. The number of ether oxygens (including phenoxy) is 2. The third-order valence-electron chi connectivity index (χ3n) is 6.00. The molecule has 3 heteroatoms. The van der Waals surface area contributed by atoms with Crippen molar-refractivity contribution in [2.75, 3.05) is 24.7 Å². The first-order valence-electron chi connectivity index (χ1n) is 13.8. The highest BCUT2D eigenvalue weighted by atomic mass is 32.2. The van der Waals surface area contributed by atoms with Gasteiger partial charge in [0, 0.05) is 6.61 Å². The second-order valence-electron chi connectivity index (χ2n) is 10.7. The van der Waals surface area contributed by atoms with E-state index in [2.05, 4.69) is 69.8 Å². The molecule has 0 heterocycles. The summed E-state index contributed by atoms with van der Waals surface area (Å²) >= 11 is 2.08. The topological polar surface area (TPSA) is 18.5 Å². The van der Waals surface area contributed by atoms with Gasteiger partial charge in [0.1, 0.15) is 0 Å². The van der Waals surface area contributed by atoms with Crippen molar-refractivity contribution in [1.29, 1.82) is 0 Å². The fourth-order valence-corrected chi connectivity index (χ4v) is 4.87. The van der Waals surface area contributed by atoms with Crippen molar-refractivity contribution >= 4 is 11.8 Å². The minimum atomic E-state index is 0.167. The van der Waals surface area contributed by atoms with Gasteiger partial charge in [-0.2, -0.15) is 11.8 Å². The SMILES string of the molecule is CCSCCCCCCCCCCCCCCOCC(CC(C)(C)C)OCc1ccccc1. The molecule has 0 aliphatic heterocycles. The summed E-state index contributed by atoms with van der Waals surface area (Å²) in [4.78, 5) is 0. The molecule has 33 heavy (non-hydrogen) atoms. The van der Waals surface area contributed by atoms with Gasteiger partial charge in [-0.1, -0.05) is 122 Å². The van der Waals surface area contributed by atoms with Crippen molar-refractivity contribution in [2.45, 2.75) is 124 Å². The van der Waals surface area contributed by atoms with E-state index in [1.54, 1.807) is 0 Å². The molecule has 0 amide bonds. The molecule has 1 atom stereocenters. The second kappa shape index (κ2) is 20.8. The van der Waals surface area contributed by atoms with Crippen LogP contribution in [0.3, 0.4) is 0 Å². The summed E-state index contributed by atoms with van der Waals surface area (Å²) < 4.78 is 12.2. The summed E-state index contributed by atoms with van der Waals surface area (Å²) in [6.45, 7) is 11.3. The Bertz CT molecular complexity index is 526. The van der Waals surface area contributed by atoms with Crippen LogP contribution in [0.1, 0.15) is 117 Å². The summed E-state index contributed by atoms with van der Waals surface area (Å²) in [5.41, 5.74) is 1.48. The smallest absolute Gasteiger partial charge is 0.0818 e. The summed E-state index contributed by atoms with van der Waals surface area (Å²) in [7, 11) is 0. The largest absolute Gasteiger partial charge is 0.379 e. The minimum absolute atomic E-state index is 0.167. The third kappa shape index (κ3) is 20.6. The average Bonchev–Trinajstić information content (AvgIpc) is 2.79. The predicted molar refractivity (Wildman–Crippen MR) is 148 cm³/mol. The van der Waals surface area contributed by atoms with Gasteiger partial charge in [-0.15, -0.1) is 0 Å². The molecule has 1 aromatic carbocycles. The molecule has 0 radical (unpaired) electrons. The van der Waals surface area contributed by atoms with Crippen LogP contribution in [0.15, 0.2) is 30.3 Å². The van der Waals surface area contributed by atoms with Crippen LogP contribution in [0.2, 0.25) is 0 Å². The van der Waals surface area contributed by atoms with Crippen LogP contribution >= 0.6 is 11.8 Å². The zero-order chi connectivity index (χ0) is 24.0. The average molecular weight is 479 g/mol. The van der Waals surface area contributed by atoms with E-state index in [1.165, 1.54) is 94.1 Å². The van der Waals surface area contributed by atoms with Crippen LogP contribution < -0.4 is 0 Å². The maximum atomic E-state index is 6.21. The van der Waals surface area contributed by atoms with Crippen molar-refractivity contribution in [2.24, 2.45) is 5.41 Å².